The highest BCUT2D eigenvalue weighted by Gasteiger charge is 2.14. The van der Waals surface area contributed by atoms with Crippen molar-refractivity contribution in [3.05, 3.63) is 47.7 Å². The summed E-state index contributed by atoms with van der Waals surface area (Å²) in [6.07, 6.45) is 0. The Morgan fingerprint density at radius 3 is 2.70 bits per heavy atom. The van der Waals surface area contributed by atoms with E-state index in [1.807, 2.05) is 18.2 Å². The molecule has 0 unspecified atom stereocenters. The van der Waals surface area contributed by atoms with Gasteiger partial charge in [0.25, 0.3) is 5.91 Å². The summed E-state index contributed by atoms with van der Waals surface area (Å²) < 4.78 is 5.32. The summed E-state index contributed by atoms with van der Waals surface area (Å²) >= 11 is 0. The van der Waals surface area contributed by atoms with Gasteiger partial charge < -0.3 is 15.0 Å². The van der Waals surface area contributed by atoms with E-state index >= 15 is 0 Å². The largest absolute Gasteiger partial charge is 0.379 e. The Labute approximate surface area is 160 Å². The lowest BCUT2D eigenvalue weighted by atomic mass is 10.2. The van der Waals surface area contributed by atoms with E-state index < -0.39 is 0 Å². The maximum absolute atomic E-state index is 12.3. The highest BCUT2D eigenvalue weighted by molar-refractivity contribution is 5.92. The number of nitrogens with zero attached hydrogens (tertiary/aromatic N) is 4. The summed E-state index contributed by atoms with van der Waals surface area (Å²) in [5.41, 5.74) is 2.59. The summed E-state index contributed by atoms with van der Waals surface area (Å²) in [6, 6.07) is 11.8. The SMILES string of the molecule is CCN(c1cccc(C)c1)c1ccc(C(=O)NCCN2CCOCC2)nn1. The minimum absolute atomic E-state index is 0.194. The van der Waals surface area contributed by atoms with Crippen LogP contribution in [0.25, 0.3) is 0 Å². The van der Waals surface area contributed by atoms with Gasteiger partial charge in [0.15, 0.2) is 11.5 Å². The third-order valence-electron chi connectivity index (χ3n) is 4.61. The number of carbonyl (C=O) groups excluding carboxylic acids is 1. The zero-order valence-corrected chi connectivity index (χ0v) is 16.0. The lowest BCUT2D eigenvalue weighted by Gasteiger charge is -2.26. The molecule has 3 rings (SSSR count). The molecule has 1 aromatic carbocycles. The van der Waals surface area contributed by atoms with Crippen molar-refractivity contribution in [1.82, 2.24) is 20.4 Å². The van der Waals surface area contributed by atoms with E-state index in [9.17, 15) is 4.79 Å². The van der Waals surface area contributed by atoms with Gasteiger partial charge in [-0.05, 0) is 43.7 Å². The van der Waals surface area contributed by atoms with Crippen molar-refractivity contribution in [2.24, 2.45) is 0 Å². The molecule has 27 heavy (non-hydrogen) atoms. The van der Waals surface area contributed by atoms with Crippen molar-refractivity contribution in [3.8, 4) is 0 Å². The Bertz CT molecular complexity index is 744. The van der Waals surface area contributed by atoms with E-state index in [0.717, 1.165) is 50.9 Å². The van der Waals surface area contributed by atoms with Crippen LogP contribution in [0.15, 0.2) is 36.4 Å². The number of hydrogen-bond acceptors (Lipinski definition) is 6. The summed E-state index contributed by atoms with van der Waals surface area (Å²) in [5, 5.41) is 11.3. The van der Waals surface area contributed by atoms with Crippen molar-refractivity contribution in [2.75, 3.05) is 50.8 Å². The number of benzene rings is 1. The standard InChI is InChI=1S/C20H27N5O2/c1-3-25(17-6-4-5-16(2)15-17)19-8-7-18(22-23-19)20(26)21-9-10-24-11-13-27-14-12-24/h4-8,15H,3,9-14H2,1-2H3,(H,21,26). The van der Waals surface area contributed by atoms with Gasteiger partial charge in [-0.3, -0.25) is 9.69 Å². The fourth-order valence-corrected chi connectivity index (χ4v) is 3.11. The summed E-state index contributed by atoms with van der Waals surface area (Å²) in [4.78, 5) is 16.6. The zero-order valence-electron chi connectivity index (χ0n) is 16.0. The second-order valence-electron chi connectivity index (χ2n) is 6.57. The van der Waals surface area contributed by atoms with Gasteiger partial charge in [0.2, 0.25) is 0 Å². The Morgan fingerprint density at radius 1 is 1.22 bits per heavy atom. The van der Waals surface area contributed by atoms with Gasteiger partial charge >= 0.3 is 0 Å². The molecule has 2 aromatic rings. The number of morpholine rings is 1. The molecule has 1 saturated heterocycles. The van der Waals surface area contributed by atoms with Crippen LogP contribution in [0.4, 0.5) is 11.5 Å². The van der Waals surface area contributed by atoms with Gasteiger partial charge in [-0.25, -0.2) is 0 Å². The smallest absolute Gasteiger partial charge is 0.271 e. The fraction of sp³-hybridized carbons (Fsp3) is 0.450. The molecule has 1 N–H and O–H groups in total. The monoisotopic (exact) mass is 369 g/mol. The van der Waals surface area contributed by atoms with Crippen LogP contribution in [0.1, 0.15) is 23.0 Å². The predicted molar refractivity (Wildman–Crippen MR) is 105 cm³/mol. The van der Waals surface area contributed by atoms with Crippen LogP contribution in [0.2, 0.25) is 0 Å². The number of hydrogen-bond donors (Lipinski definition) is 1. The maximum Gasteiger partial charge on any atom is 0.271 e. The summed E-state index contributed by atoms with van der Waals surface area (Å²) in [7, 11) is 0. The van der Waals surface area contributed by atoms with Crippen LogP contribution in [0.5, 0.6) is 0 Å². The first-order valence-corrected chi connectivity index (χ1v) is 9.43. The van der Waals surface area contributed by atoms with Crippen LogP contribution in [-0.2, 0) is 4.74 Å². The van der Waals surface area contributed by atoms with E-state index in [1.165, 1.54) is 5.56 Å². The minimum atomic E-state index is -0.194. The van der Waals surface area contributed by atoms with Crippen LogP contribution < -0.4 is 10.2 Å². The molecule has 1 amide bonds. The Balaban J connectivity index is 1.57. The molecule has 2 heterocycles. The number of carbonyl (C=O) groups is 1. The van der Waals surface area contributed by atoms with Crippen molar-refractivity contribution < 1.29 is 9.53 Å². The summed E-state index contributed by atoms with van der Waals surface area (Å²) in [6.45, 7) is 9.65. The fourth-order valence-electron chi connectivity index (χ4n) is 3.11. The number of anilines is 2. The Kier molecular flexibility index (Phi) is 6.73. The van der Waals surface area contributed by atoms with Crippen LogP contribution >= 0.6 is 0 Å². The van der Waals surface area contributed by atoms with Crippen molar-refractivity contribution in [1.29, 1.82) is 0 Å². The second-order valence-corrected chi connectivity index (χ2v) is 6.57. The molecular weight excluding hydrogens is 342 g/mol. The molecule has 0 saturated carbocycles. The lowest BCUT2D eigenvalue weighted by Crippen LogP contribution is -2.41. The van der Waals surface area contributed by atoms with Crippen molar-refractivity contribution in [2.45, 2.75) is 13.8 Å². The van der Waals surface area contributed by atoms with Crippen LogP contribution in [0, 0.1) is 6.92 Å². The average molecular weight is 369 g/mol. The molecule has 7 heteroatoms. The van der Waals surface area contributed by atoms with E-state index in [2.05, 4.69) is 51.3 Å². The molecule has 0 atom stereocenters. The van der Waals surface area contributed by atoms with Gasteiger partial charge in [0, 0.05) is 38.4 Å². The molecule has 144 valence electrons. The molecule has 1 aromatic heterocycles. The van der Waals surface area contributed by atoms with E-state index in [4.69, 9.17) is 4.74 Å². The quantitative estimate of drug-likeness (QED) is 0.805. The molecule has 1 aliphatic rings. The molecule has 0 aliphatic carbocycles. The van der Waals surface area contributed by atoms with Gasteiger partial charge in [-0.1, -0.05) is 12.1 Å². The molecule has 1 fully saturated rings. The number of ether oxygens (including phenoxy) is 1. The minimum Gasteiger partial charge on any atom is -0.379 e. The van der Waals surface area contributed by atoms with Crippen LogP contribution in [0.3, 0.4) is 0 Å². The molecule has 0 spiro atoms. The van der Waals surface area contributed by atoms with Gasteiger partial charge in [0.05, 0.1) is 13.2 Å². The lowest BCUT2D eigenvalue weighted by molar-refractivity contribution is 0.0383. The van der Waals surface area contributed by atoms with Crippen molar-refractivity contribution >= 4 is 17.4 Å². The molecule has 7 nitrogen and oxygen atoms in total. The van der Waals surface area contributed by atoms with E-state index in [1.54, 1.807) is 6.07 Å². The summed E-state index contributed by atoms with van der Waals surface area (Å²) in [5.74, 6) is 0.536. The van der Waals surface area contributed by atoms with Crippen molar-refractivity contribution in [3.63, 3.8) is 0 Å². The number of amides is 1. The molecule has 0 radical (unpaired) electrons. The highest BCUT2D eigenvalue weighted by atomic mass is 16.5. The predicted octanol–water partition coefficient (Wildman–Crippen LogP) is 2.01. The molecule has 1 aliphatic heterocycles. The first-order valence-electron chi connectivity index (χ1n) is 9.43. The number of nitrogens with one attached hydrogen (secondary N) is 1. The van der Waals surface area contributed by atoms with Crippen LogP contribution in [-0.4, -0.2) is 66.9 Å². The number of aryl methyl sites for hydroxylation is 1. The van der Waals surface area contributed by atoms with Gasteiger partial charge in [-0.15, -0.1) is 10.2 Å². The van der Waals surface area contributed by atoms with Gasteiger partial charge in [0.1, 0.15) is 0 Å². The first-order chi connectivity index (χ1) is 13.2. The average Bonchev–Trinajstić information content (AvgIpc) is 2.70. The normalized spacial score (nSPS) is 14.7. The maximum atomic E-state index is 12.3. The molecular formula is C20H27N5O2. The highest BCUT2D eigenvalue weighted by Crippen LogP contribution is 2.23. The second kappa shape index (κ2) is 9.43. The Morgan fingerprint density at radius 2 is 2.04 bits per heavy atom. The zero-order chi connectivity index (χ0) is 19.1. The third-order valence-corrected chi connectivity index (χ3v) is 4.61. The number of aromatic nitrogens is 2. The first kappa shape index (κ1) is 19.3. The van der Waals surface area contributed by atoms with Gasteiger partial charge in [-0.2, -0.15) is 0 Å². The Hall–Kier alpha value is -2.51. The number of rotatable bonds is 7. The molecule has 0 bridgehead atoms. The topological polar surface area (TPSA) is 70.6 Å². The van der Waals surface area contributed by atoms with E-state index in [-0.39, 0.29) is 5.91 Å². The van der Waals surface area contributed by atoms with E-state index in [0.29, 0.717) is 12.2 Å². The third kappa shape index (κ3) is 5.24.